The Bertz CT molecular complexity index is 1150. The molecule has 4 amide bonds. The van der Waals surface area contributed by atoms with Crippen LogP contribution in [0.3, 0.4) is 0 Å². The van der Waals surface area contributed by atoms with Crippen molar-refractivity contribution in [1.82, 2.24) is 15.1 Å². The molecule has 1 aliphatic heterocycles. The SMILES string of the molecule is CC(C)C[C@@H](C(=O)N[C@@H](Cc1ccccc1)C(=O)O)N(CCCN1C(=O)c2ccccc2C1=O)C(=O)CS. The molecule has 9 nitrogen and oxygen atoms in total. The van der Waals surface area contributed by atoms with Crippen LogP contribution in [0.25, 0.3) is 0 Å². The predicted molar refractivity (Wildman–Crippen MR) is 145 cm³/mol. The van der Waals surface area contributed by atoms with Crippen molar-refractivity contribution in [2.75, 3.05) is 18.8 Å². The first-order valence-electron chi connectivity index (χ1n) is 12.6. The Morgan fingerprint density at radius 2 is 1.55 bits per heavy atom. The van der Waals surface area contributed by atoms with Gasteiger partial charge in [-0.25, -0.2) is 4.79 Å². The highest BCUT2D eigenvalue weighted by molar-refractivity contribution is 7.81. The molecular weight excluding hydrogens is 506 g/mol. The molecule has 2 atom stereocenters. The number of hydrogen-bond donors (Lipinski definition) is 3. The van der Waals surface area contributed by atoms with E-state index in [0.717, 1.165) is 10.5 Å². The van der Waals surface area contributed by atoms with Crippen molar-refractivity contribution in [3.63, 3.8) is 0 Å². The number of thiol groups is 1. The number of carbonyl (C=O) groups excluding carboxylic acids is 4. The zero-order valence-electron chi connectivity index (χ0n) is 21.5. The third-order valence-electron chi connectivity index (χ3n) is 6.39. The molecule has 0 aliphatic carbocycles. The van der Waals surface area contributed by atoms with Crippen LogP contribution in [0.2, 0.25) is 0 Å². The van der Waals surface area contributed by atoms with E-state index in [1.54, 1.807) is 48.5 Å². The molecule has 0 radical (unpaired) electrons. The van der Waals surface area contributed by atoms with Crippen LogP contribution in [0.5, 0.6) is 0 Å². The Morgan fingerprint density at radius 3 is 2.08 bits per heavy atom. The Labute approximate surface area is 227 Å². The molecule has 10 heteroatoms. The van der Waals surface area contributed by atoms with Crippen LogP contribution in [0.15, 0.2) is 54.6 Å². The summed E-state index contributed by atoms with van der Waals surface area (Å²) in [6, 6.07) is 13.4. The van der Waals surface area contributed by atoms with Crippen LogP contribution < -0.4 is 5.32 Å². The molecule has 2 aromatic rings. The van der Waals surface area contributed by atoms with Crippen LogP contribution in [0.4, 0.5) is 0 Å². The number of benzene rings is 2. The first-order valence-corrected chi connectivity index (χ1v) is 13.2. The number of carbonyl (C=O) groups is 5. The summed E-state index contributed by atoms with van der Waals surface area (Å²) < 4.78 is 0. The molecule has 0 aromatic heterocycles. The number of amides is 4. The zero-order chi connectivity index (χ0) is 27.8. The Morgan fingerprint density at radius 1 is 0.974 bits per heavy atom. The number of nitrogens with one attached hydrogen (secondary N) is 1. The molecule has 0 spiro atoms. The van der Waals surface area contributed by atoms with Gasteiger partial charge in [0.2, 0.25) is 11.8 Å². The first kappa shape index (κ1) is 28.9. The van der Waals surface area contributed by atoms with E-state index < -0.39 is 29.9 Å². The van der Waals surface area contributed by atoms with Gasteiger partial charge in [0.05, 0.1) is 16.9 Å². The van der Waals surface area contributed by atoms with Crippen molar-refractivity contribution >= 4 is 42.2 Å². The van der Waals surface area contributed by atoms with Crippen LogP contribution >= 0.6 is 12.6 Å². The van der Waals surface area contributed by atoms with Crippen LogP contribution in [-0.2, 0) is 20.8 Å². The molecule has 3 rings (SSSR count). The van der Waals surface area contributed by atoms with E-state index in [2.05, 4.69) is 17.9 Å². The molecular formula is C28H33N3O6S. The minimum atomic E-state index is -1.18. The van der Waals surface area contributed by atoms with Crippen molar-refractivity contribution in [2.24, 2.45) is 5.92 Å². The number of fused-ring (bicyclic) bond motifs is 1. The lowest BCUT2D eigenvalue weighted by molar-refractivity contribution is -0.144. The molecule has 1 aliphatic rings. The average molecular weight is 540 g/mol. The van der Waals surface area contributed by atoms with Gasteiger partial charge in [0.15, 0.2) is 0 Å². The molecule has 38 heavy (non-hydrogen) atoms. The molecule has 0 fully saturated rings. The van der Waals surface area contributed by atoms with Crippen molar-refractivity contribution in [3.8, 4) is 0 Å². The lowest BCUT2D eigenvalue weighted by Crippen LogP contribution is -2.55. The van der Waals surface area contributed by atoms with Crippen molar-refractivity contribution in [1.29, 1.82) is 0 Å². The maximum absolute atomic E-state index is 13.4. The highest BCUT2D eigenvalue weighted by atomic mass is 32.1. The predicted octanol–water partition coefficient (Wildman–Crippen LogP) is 2.66. The fourth-order valence-electron chi connectivity index (χ4n) is 4.53. The third-order valence-corrected chi connectivity index (χ3v) is 6.66. The Kier molecular flexibility index (Phi) is 10.1. The van der Waals surface area contributed by atoms with Gasteiger partial charge in [0, 0.05) is 19.5 Å². The van der Waals surface area contributed by atoms with Gasteiger partial charge in [-0.2, -0.15) is 12.6 Å². The lowest BCUT2D eigenvalue weighted by atomic mass is 9.99. The summed E-state index contributed by atoms with van der Waals surface area (Å²) in [6.07, 6.45) is 0.645. The zero-order valence-corrected chi connectivity index (χ0v) is 22.4. The van der Waals surface area contributed by atoms with Gasteiger partial charge in [-0.05, 0) is 36.5 Å². The second-order valence-corrected chi connectivity index (χ2v) is 9.96. The van der Waals surface area contributed by atoms with Gasteiger partial charge in [0.1, 0.15) is 12.1 Å². The number of aliphatic carboxylic acids is 1. The second-order valence-electron chi connectivity index (χ2n) is 9.64. The monoisotopic (exact) mass is 539 g/mol. The van der Waals surface area contributed by atoms with Gasteiger partial charge < -0.3 is 15.3 Å². The molecule has 202 valence electrons. The van der Waals surface area contributed by atoms with Gasteiger partial charge in [-0.3, -0.25) is 24.1 Å². The van der Waals surface area contributed by atoms with E-state index in [1.165, 1.54) is 4.90 Å². The van der Waals surface area contributed by atoms with Crippen molar-refractivity contribution in [2.45, 2.75) is 45.2 Å². The normalized spacial score (nSPS) is 14.3. The van der Waals surface area contributed by atoms with Crippen LogP contribution in [-0.4, -0.2) is 75.4 Å². The van der Waals surface area contributed by atoms with E-state index in [1.807, 2.05) is 19.9 Å². The average Bonchev–Trinajstić information content (AvgIpc) is 3.14. The number of hydrogen-bond acceptors (Lipinski definition) is 6. The van der Waals surface area contributed by atoms with E-state index in [0.29, 0.717) is 17.5 Å². The maximum Gasteiger partial charge on any atom is 0.326 e. The van der Waals surface area contributed by atoms with Gasteiger partial charge in [-0.15, -0.1) is 0 Å². The number of carboxylic acid groups (broad SMARTS) is 1. The number of carboxylic acids is 1. The molecule has 2 N–H and O–H groups in total. The van der Waals surface area contributed by atoms with E-state index in [9.17, 15) is 29.1 Å². The van der Waals surface area contributed by atoms with E-state index >= 15 is 0 Å². The van der Waals surface area contributed by atoms with Crippen LogP contribution in [0, 0.1) is 5.92 Å². The van der Waals surface area contributed by atoms with Crippen molar-refractivity contribution < 1.29 is 29.1 Å². The number of rotatable bonds is 13. The number of imide groups is 1. The minimum Gasteiger partial charge on any atom is -0.480 e. The summed E-state index contributed by atoms with van der Waals surface area (Å²) in [5, 5.41) is 12.4. The highest BCUT2D eigenvalue weighted by Gasteiger charge is 2.36. The Hall–Kier alpha value is -3.66. The summed E-state index contributed by atoms with van der Waals surface area (Å²) >= 11 is 4.11. The van der Waals surface area contributed by atoms with Gasteiger partial charge in [-0.1, -0.05) is 56.3 Å². The Balaban J connectivity index is 1.73. The molecule has 0 unspecified atom stereocenters. The third kappa shape index (κ3) is 7.00. The fraction of sp³-hybridized carbons (Fsp3) is 0.393. The van der Waals surface area contributed by atoms with E-state index in [-0.39, 0.29) is 49.4 Å². The van der Waals surface area contributed by atoms with E-state index in [4.69, 9.17) is 0 Å². The van der Waals surface area contributed by atoms with Gasteiger partial charge in [0.25, 0.3) is 11.8 Å². The quantitative estimate of drug-likeness (QED) is 0.266. The smallest absolute Gasteiger partial charge is 0.326 e. The second kappa shape index (κ2) is 13.2. The summed E-state index contributed by atoms with van der Waals surface area (Å²) in [7, 11) is 0. The highest BCUT2D eigenvalue weighted by Crippen LogP contribution is 2.23. The largest absolute Gasteiger partial charge is 0.480 e. The molecule has 0 saturated heterocycles. The van der Waals surface area contributed by atoms with Crippen LogP contribution in [0.1, 0.15) is 53.0 Å². The topological polar surface area (TPSA) is 124 Å². The molecule has 1 heterocycles. The summed E-state index contributed by atoms with van der Waals surface area (Å²) in [5.41, 5.74) is 1.44. The minimum absolute atomic E-state index is 0.0228. The lowest BCUT2D eigenvalue weighted by Gasteiger charge is -2.33. The number of nitrogens with zero attached hydrogens (tertiary/aromatic N) is 2. The van der Waals surface area contributed by atoms with Crippen molar-refractivity contribution in [3.05, 3.63) is 71.3 Å². The summed E-state index contributed by atoms with van der Waals surface area (Å²) in [6.45, 7) is 3.97. The first-order chi connectivity index (χ1) is 18.1. The maximum atomic E-state index is 13.4. The standard InChI is InChI=1S/C28H33N3O6S/c1-18(2)15-23(25(33)29-22(28(36)37)16-19-9-4-3-5-10-19)30(24(32)17-38)13-8-14-31-26(34)20-11-6-7-12-21(20)27(31)35/h3-7,9-12,18,22-23,38H,8,13-17H2,1-2H3,(H,29,33)(H,36,37)/t22-,23-/m0/s1. The molecule has 2 aromatic carbocycles. The molecule has 0 bridgehead atoms. The fourth-order valence-corrected chi connectivity index (χ4v) is 4.71. The van der Waals surface area contributed by atoms with Gasteiger partial charge >= 0.3 is 5.97 Å². The summed E-state index contributed by atoms with van der Waals surface area (Å²) in [5.74, 6) is -3.05. The summed E-state index contributed by atoms with van der Waals surface area (Å²) in [4.78, 5) is 66.1. The molecule has 0 saturated carbocycles.